The van der Waals surface area contributed by atoms with Crippen molar-refractivity contribution in [2.75, 3.05) is 16.6 Å². The van der Waals surface area contributed by atoms with E-state index in [1.807, 2.05) is 42.5 Å². The molecule has 31 heavy (non-hydrogen) atoms. The summed E-state index contributed by atoms with van der Waals surface area (Å²) in [6.45, 7) is 0.380. The minimum Gasteiger partial charge on any atom is -0.263 e. The zero-order chi connectivity index (χ0) is 21.4. The van der Waals surface area contributed by atoms with Crippen molar-refractivity contribution in [2.45, 2.75) is 9.79 Å². The largest absolute Gasteiger partial charge is 0.264 e. The van der Waals surface area contributed by atoms with Gasteiger partial charge in [0.05, 0.1) is 28.4 Å². The Morgan fingerprint density at radius 3 is 2.52 bits per heavy atom. The molecule has 7 heteroatoms. The predicted octanol–water partition coefficient (Wildman–Crippen LogP) is 5.07. The van der Waals surface area contributed by atoms with Crippen LogP contribution in [-0.4, -0.2) is 25.7 Å². The fraction of sp³-hybridized carbons (Fsp3) is 0.0833. The van der Waals surface area contributed by atoms with Gasteiger partial charge < -0.3 is 0 Å². The second kappa shape index (κ2) is 7.73. The Labute approximate surface area is 185 Å². The summed E-state index contributed by atoms with van der Waals surface area (Å²) in [7, 11) is -3.74. The summed E-state index contributed by atoms with van der Waals surface area (Å²) >= 11 is 1.63. The van der Waals surface area contributed by atoms with Crippen LogP contribution in [0.25, 0.3) is 21.9 Å². The molecule has 1 aliphatic heterocycles. The highest BCUT2D eigenvalue weighted by Crippen LogP contribution is 2.43. The molecule has 0 unspecified atom stereocenters. The highest BCUT2D eigenvalue weighted by atomic mass is 32.2. The van der Waals surface area contributed by atoms with Crippen molar-refractivity contribution in [2.24, 2.45) is 0 Å². The molecule has 0 saturated carbocycles. The number of thioether (sulfide) groups is 1. The summed E-state index contributed by atoms with van der Waals surface area (Å²) in [6, 6.07) is 22.3. The standard InChI is InChI=1S/C24H17N3O2S2/c25-14-17-5-7-19(8-6-17)22-15-26-16-23-24(22)30-12-11-27(23)31(28,29)21-10-9-18-3-1-2-4-20(18)13-21/h1-10,13,15-16H,11-12H2. The summed E-state index contributed by atoms with van der Waals surface area (Å²) in [5.41, 5.74) is 2.94. The van der Waals surface area contributed by atoms with Crippen molar-refractivity contribution in [3.63, 3.8) is 0 Å². The smallest absolute Gasteiger partial charge is 0.263 e. The van der Waals surface area contributed by atoms with Crippen molar-refractivity contribution >= 4 is 38.2 Å². The lowest BCUT2D eigenvalue weighted by atomic mass is 10.1. The first-order valence-electron chi connectivity index (χ1n) is 9.71. The SMILES string of the molecule is N#Cc1ccc(-c2cncc3c2SCCN3S(=O)(=O)c2ccc3ccccc3c2)cc1. The summed E-state index contributed by atoms with van der Waals surface area (Å²) in [5.74, 6) is 0.646. The molecule has 0 fully saturated rings. The third-order valence-electron chi connectivity index (χ3n) is 5.32. The number of pyridine rings is 1. The summed E-state index contributed by atoms with van der Waals surface area (Å²) in [4.78, 5) is 5.50. The average Bonchev–Trinajstić information content (AvgIpc) is 2.83. The Kier molecular flexibility index (Phi) is 4.89. The first-order chi connectivity index (χ1) is 15.1. The Balaban J connectivity index is 1.60. The molecule has 0 aliphatic carbocycles. The minimum atomic E-state index is -3.74. The topological polar surface area (TPSA) is 74.1 Å². The van der Waals surface area contributed by atoms with Gasteiger partial charge in [-0.05, 0) is 40.6 Å². The number of nitriles is 1. The molecule has 0 N–H and O–H groups in total. The molecule has 0 amide bonds. The molecule has 0 radical (unpaired) electrons. The van der Waals surface area contributed by atoms with E-state index in [2.05, 4.69) is 11.1 Å². The van der Waals surface area contributed by atoms with Crippen LogP contribution < -0.4 is 4.31 Å². The van der Waals surface area contributed by atoms with Crippen LogP contribution in [0.3, 0.4) is 0 Å². The fourth-order valence-corrected chi connectivity index (χ4v) is 6.54. The van der Waals surface area contributed by atoms with Gasteiger partial charge in [-0.25, -0.2) is 8.42 Å². The number of rotatable bonds is 3. The van der Waals surface area contributed by atoms with Gasteiger partial charge in [-0.3, -0.25) is 9.29 Å². The lowest BCUT2D eigenvalue weighted by Crippen LogP contribution is -2.35. The third kappa shape index (κ3) is 3.44. The molecule has 0 atom stereocenters. The molecule has 2 heterocycles. The first kappa shape index (κ1) is 19.6. The lowest BCUT2D eigenvalue weighted by molar-refractivity contribution is 0.591. The lowest BCUT2D eigenvalue weighted by Gasteiger charge is -2.31. The van der Waals surface area contributed by atoms with E-state index in [-0.39, 0.29) is 4.90 Å². The molecule has 1 aromatic heterocycles. The number of sulfonamides is 1. The molecular weight excluding hydrogens is 426 g/mol. The molecular formula is C24H17N3O2S2. The number of hydrogen-bond donors (Lipinski definition) is 0. The van der Waals surface area contributed by atoms with E-state index >= 15 is 0 Å². The van der Waals surface area contributed by atoms with Crippen LogP contribution in [0, 0.1) is 11.3 Å². The van der Waals surface area contributed by atoms with E-state index < -0.39 is 10.0 Å². The highest BCUT2D eigenvalue weighted by Gasteiger charge is 2.31. The van der Waals surface area contributed by atoms with Crippen LogP contribution in [0.1, 0.15) is 5.56 Å². The van der Waals surface area contributed by atoms with Crippen molar-refractivity contribution in [3.8, 4) is 17.2 Å². The van der Waals surface area contributed by atoms with Crippen LogP contribution in [-0.2, 0) is 10.0 Å². The van der Waals surface area contributed by atoms with Gasteiger partial charge in [0, 0.05) is 29.0 Å². The van der Waals surface area contributed by atoms with Gasteiger partial charge in [0.2, 0.25) is 0 Å². The van der Waals surface area contributed by atoms with E-state index in [0.717, 1.165) is 26.8 Å². The Morgan fingerprint density at radius 2 is 1.74 bits per heavy atom. The predicted molar refractivity (Wildman–Crippen MR) is 124 cm³/mol. The Morgan fingerprint density at radius 1 is 0.968 bits per heavy atom. The van der Waals surface area contributed by atoms with Gasteiger partial charge in [-0.1, -0.05) is 42.5 Å². The fourth-order valence-electron chi connectivity index (χ4n) is 3.75. The zero-order valence-corrected chi connectivity index (χ0v) is 18.0. The van der Waals surface area contributed by atoms with Gasteiger partial charge in [-0.2, -0.15) is 5.26 Å². The summed E-state index contributed by atoms with van der Waals surface area (Å²) < 4.78 is 28.6. The number of nitrogens with zero attached hydrogens (tertiary/aromatic N) is 3. The van der Waals surface area contributed by atoms with E-state index in [0.29, 0.717) is 23.5 Å². The maximum Gasteiger partial charge on any atom is 0.264 e. The molecule has 0 saturated heterocycles. The van der Waals surface area contributed by atoms with Crippen LogP contribution in [0.5, 0.6) is 0 Å². The van der Waals surface area contributed by atoms with Crippen molar-refractivity contribution < 1.29 is 8.42 Å². The highest BCUT2D eigenvalue weighted by molar-refractivity contribution is 8.00. The van der Waals surface area contributed by atoms with Crippen LogP contribution >= 0.6 is 11.8 Å². The molecule has 1 aliphatic rings. The monoisotopic (exact) mass is 443 g/mol. The van der Waals surface area contributed by atoms with Crippen molar-refractivity contribution in [1.29, 1.82) is 5.26 Å². The van der Waals surface area contributed by atoms with Crippen molar-refractivity contribution in [3.05, 3.63) is 84.7 Å². The van der Waals surface area contributed by atoms with Gasteiger partial charge in [0.25, 0.3) is 10.0 Å². The Hall–Kier alpha value is -3.34. The average molecular weight is 444 g/mol. The van der Waals surface area contributed by atoms with Gasteiger partial charge in [0.15, 0.2) is 0 Å². The normalized spacial score (nSPS) is 13.6. The van der Waals surface area contributed by atoms with E-state index in [4.69, 9.17) is 5.26 Å². The van der Waals surface area contributed by atoms with Crippen LogP contribution in [0.15, 0.2) is 88.9 Å². The molecule has 3 aromatic carbocycles. The summed E-state index contributed by atoms with van der Waals surface area (Å²) in [5, 5.41) is 10.9. The molecule has 0 bridgehead atoms. The van der Waals surface area contributed by atoms with E-state index in [1.165, 1.54) is 4.31 Å². The second-order valence-electron chi connectivity index (χ2n) is 7.16. The maximum absolute atomic E-state index is 13.6. The molecule has 5 rings (SSSR count). The number of fused-ring (bicyclic) bond motifs is 2. The molecule has 152 valence electrons. The van der Waals surface area contributed by atoms with Crippen LogP contribution in [0.2, 0.25) is 0 Å². The number of aromatic nitrogens is 1. The second-order valence-corrected chi connectivity index (χ2v) is 10.1. The van der Waals surface area contributed by atoms with Crippen molar-refractivity contribution in [1.82, 2.24) is 4.98 Å². The van der Waals surface area contributed by atoms with Gasteiger partial charge >= 0.3 is 0 Å². The molecule has 4 aromatic rings. The Bertz CT molecular complexity index is 1440. The third-order valence-corrected chi connectivity index (χ3v) is 8.23. The molecule has 0 spiro atoms. The quantitative estimate of drug-likeness (QED) is 0.442. The van der Waals surface area contributed by atoms with Gasteiger partial charge in [-0.15, -0.1) is 11.8 Å². The zero-order valence-electron chi connectivity index (χ0n) is 16.4. The minimum absolute atomic E-state index is 0.271. The maximum atomic E-state index is 13.6. The number of benzene rings is 3. The van der Waals surface area contributed by atoms with Crippen LogP contribution in [0.4, 0.5) is 5.69 Å². The first-order valence-corrected chi connectivity index (χ1v) is 12.1. The van der Waals surface area contributed by atoms with E-state index in [9.17, 15) is 8.42 Å². The van der Waals surface area contributed by atoms with Gasteiger partial charge in [0.1, 0.15) is 0 Å². The number of hydrogen-bond acceptors (Lipinski definition) is 5. The number of anilines is 1. The van der Waals surface area contributed by atoms with E-state index in [1.54, 1.807) is 48.4 Å². The summed E-state index contributed by atoms with van der Waals surface area (Å²) in [6.07, 6.45) is 3.37. The molecule has 5 nitrogen and oxygen atoms in total.